The van der Waals surface area contributed by atoms with Crippen LogP contribution in [-0.2, 0) is 41.4 Å². The molecule has 5 aromatic rings. The molecule has 54 heavy (non-hydrogen) atoms. The van der Waals surface area contributed by atoms with E-state index in [-0.39, 0.29) is 43.0 Å². The zero-order valence-corrected chi connectivity index (χ0v) is 32.1. The summed E-state index contributed by atoms with van der Waals surface area (Å²) in [5, 5.41) is 3.47. The summed E-state index contributed by atoms with van der Waals surface area (Å²) in [6.07, 6.45) is 0.917. The fourth-order valence-corrected chi connectivity index (χ4v) is 7.79. The molecule has 0 radical (unpaired) electrons. The number of carbonyl (C=O) groups excluding carboxylic acids is 2. The summed E-state index contributed by atoms with van der Waals surface area (Å²) in [6.45, 7) is 7.69. The predicted molar refractivity (Wildman–Crippen MR) is 209 cm³/mol. The number of hydrogen-bond acceptors (Lipinski definition) is 10. The minimum absolute atomic E-state index is 0.00918. The standard InChI is InChI=1S/C41H43N3O8S2/c1-28-11-14-35(15-12-28)54(47,48)52-24-22-50-20-19-49-21-23-51-34-9-6-8-31(25-34)26-38(45)42-41-43-39(30(3)53-41)33-13-16-37-32(27-33)17-18-44(37)40(46)36-10-5-4-7-29(36)2/h4-16,25,27H,17-24,26H2,1-3H3,(H,42,43,45). The number of nitrogens with one attached hydrogen (secondary N) is 1. The lowest BCUT2D eigenvalue weighted by atomic mass is 10.0. The van der Waals surface area contributed by atoms with E-state index in [1.54, 1.807) is 12.1 Å². The van der Waals surface area contributed by atoms with Crippen LogP contribution in [0.25, 0.3) is 11.3 Å². The molecular weight excluding hydrogens is 727 g/mol. The van der Waals surface area contributed by atoms with Crippen LogP contribution in [0.1, 0.15) is 37.5 Å². The number of thiazole rings is 1. The first-order valence-electron chi connectivity index (χ1n) is 17.7. The van der Waals surface area contributed by atoms with E-state index in [2.05, 4.69) is 11.4 Å². The van der Waals surface area contributed by atoms with Gasteiger partial charge in [0.25, 0.3) is 16.0 Å². The number of ether oxygens (including phenoxy) is 3. The molecular formula is C41H43N3O8S2. The van der Waals surface area contributed by atoms with Crippen molar-refractivity contribution in [1.82, 2.24) is 4.98 Å². The molecule has 0 bridgehead atoms. The monoisotopic (exact) mass is 769 g/mol. The molecule has 6 rings (SSSR count). The van der Waals surface area contributed by atoms with E-state index in [1.807, 2.05) is 86.3 Å². The lowest BCUT2D eigenvalue weighted by Crippen LogP contribution is -2.29. The average molecular weight is 770 g/mol. The molecule has 1 aliphatic rings. The smallest absolute Gasteiger partial charge is 0.297 e. The Morgan fingerprint density at radius 2 is 1.57 bits per heavy atom. The van der Waals surface area contributed by atoms with E-state index in [1.165, 1.54) is 23.5 Å². The maximum absolute atomic E-state index is 13.3. The first-order valence-corrected chi connectivity index (χ1v) is 19.9. The quantitative estimate of drug-likeness (QED) is 0.0789. The van der Waals surface area contributed by atoms with Gasteiger partial charge >= 0.3 is 0 Å². The van der Waals surface area contributed by atoms with E-state index >= 15 is 0 Å². The van der Waals surface area contributed by atoms with Gasteiger partial charge in [-0.2, -0.15) is 8.42 Å². The van der Waals surface area contributed by atoms with E-state index in [4.69, 9.17) is 23.4 Å². The molecule has 0 aliphatic carbocycles. The van der Waals surface area contributed by atoms with Crippen molar-refractivity contribution in [3.63, 3.8) is 0 Å². The van der Waals surface area contributed by atoms with Gasteiger partial charge in [0.1, 0.15) is 12.4 Å². The summed E-state index contributed by atoms with van der Waals surface area (Å²) in [7, 11) is -3.82. The molecule has 0 saturated heterocycles. The number of fused-ring (bicyclic) bond motifs is 1. The van der Waals surface area contributed by atoms with Gasteiger partial charge in [0, 0.05) is 28.2 Å². The fourth-order valence-electron chi connectivity index (χ4n) is 6.05. The van der Waals surface area contributed by atoms with Crippen LogP contribution >= 0.6 is 11.3 Å². The van der Waals surface area contributed by atoms with Crippen molar-refractivity contribution in [2.45, 2.75) is 38.5 Å². The van der Waals surface area contributed by atoms with Gasteiger partial charge in [-0.25, -0.2) is 4.98 Å². The minimum atomic E-state index is -3.82. The largest absolute Gasteiger partial charge is 0.491 e. The zero-order valence-electron chi connectivity index (χ0n) is 30.5. The van der Waals surface area contributed by atoms with Gasteiger partial charge in [-0.05, 0) is 86.3 Å². The normalized spacial score (nSPS) is 12.5. The second kappa shape index (κ2) is 17.9. The Bertz CT molecular complexity index is 2200. The van der Waals surface area contributed by atoms with E-state index in [0.29, 0.717) is 42.8 Å². The molecule has 1 aromatic heterocycles. The molecule has 2 heterocycles. The number of nitrogens with zero attached hydrogens (tertiary/aromatic N) is 2. The van der Waals surface area contributed by atoms with Gasteiger partial charge in [0.2, 0.25) is 5.91 Å². The maximum atomic E-state index is 13.3. The maximum Gasteiger partial charge on any atom is 0.297 e. The summed E-state index contributed by atoms with van der Waals surface area (Å²) >= 11 is 1.43. The Kier molecular flexibility index (Phi) is 12.9. The van der Waals surface area contributed by atoms with Crippen LogP contribution in [0.2, 0.25) is 0 Å². The number of hydrogen-bond donors (Lipinski definition) is 1. The van der Waals surface area contributed by atoms with Gasteiger partial charge in [-0.1, -0.05) is 54.1 Å². The highest BCUT2D eigenvalue weighted by Gasteiger charge is 2.27. The van der Waals surface area contributed by atoms with Crippen LogP contribution in [0.4, 0.5) is 10.8 Å². The van der Waals surface area contributed by atoms with Gasteiger partial charge in [-0.15, -0.1) is 11.3 Å². The summed E-state index contributed by atoms with van der Waals surface area (Å²) in [5.74, 6) is 0.443. The van der Waals surface area contributed by atoms with Gasteiger partial charge < -0.3 is 24.4 Å². The third-order valence-electron chi connectivity index (χ3n) is 8.82. The topological polar surface area (TPSA) is 133 Å². The molecule has 0 unspecified atom stereocenters. The van der Waals surface area contributed by atoms with Gasteiger partial charge in [0.05, 0.1) is 50.0 Å². The van der Waals surface area contributed by atoms with Crippen molar-refractivity contribution in [2.24, 2.45) is 0 Å². The molecule has 0 fully saturated rings. The fraction of sp³-hybridized carbons (Fsp3) is 0.293. The molecule has 0 saturated carbocycles. The second-order valence-electron chi connectivity index (χ2n) is 12.8. The predicted octanol–water partition coefficient (Wildman–Crippen LogP) is 6.94. The second-order valence-corrected chi connectivity index (χ2v) is 15.6. The molecule has 282 valence electrons. The lowest BCUT2D eigenvalue weighted by molar-refractivity contribution is -0.115. The molecule has 1 aliphatic heterocycles. The summed E-state index contributed by atoms with van der Waals surface area (Å²) < 4.78 is 46.2. The van der Waals surface area contributed by atoms with Crippen molar-refractivity contribution >= 4 is 44.1 Å². The van der Waals surface area contributed by atoms with Crippen LogP contribution < -0.4 is 15.0 Å². The summed E-state index contributed by atoms with van der Waals surface area (Å²) in [5.41, 5.74) is 7.21. The van der Waals surface area contributed by atoms with Crippen molar-refractivity contribution in [1.29, 1.82) is 0 Å². The highest BCUT2D eigenvalue weighted by atomic mass is 32.2. The number of amides is 2. The van der Waals surface area contributed by atoms with Crippen LogP contribution in [-0.4, -0.2) is 71.4 Å². The van der Waals surface area contributed by atoms with Crippen molar-refractivity contribution < 1.29 is 36.4 Å². The lowest BCUT2D eigenvalue weighted by Gasteiger charge is -2.18. The Morgan fingerprint density at radius 1 is 0.833 bits per heavy atom. The average Bonchev–Trinajstić information content (AvgIpc) is 3.75. The van der Waals surface area contributed by atoms with Gasteiger partial charge in [-0.3, -0.25) is 13.8 Å². The van der Waals surface area contributed by atoms with Gasteiger partial charge in [0.15, 0.2) is 5.13 Å². The molecule has 11 nitrogen and oxygen atoms in total. The van der Waals surface area contributed by atoms with E-state index in [9.17, 15) is 18.0 Å². The Labute approximate surface area is 320 Å². The third kappa shape index (κ3) is 9.98. The Balaban J connectivity index is 0.906. The third-order valence-corrected chi connectivity index (χ3v) is 11.0. The molecule has 0 spiro atoms. The number of aryl methyl sites for hydroxylation is 3. The molecule has 0 atom stereocenters. The van der Waals surface area contributed by atoms with Crippen LogP contribution in [0.3, 0.4) is 0 Å². The molecule has 2 amide bonds. The molecule has 13 heteroatoms. The molecule has 1 N–H and O–H groups in total. The number of carbonyl (C=O) groups is 2. The van der Waals surface area contributed by atoms with Crippen LogP contribution in [0.5, 0.6) is 5.75 Å². The van der Waals surface area contributed by atoms with E-state index < -0.39 is 10.1 Å². The first kappa shape index (κ1) is 38.8. The van der Waals surface area contributed by atoms with Crippen molar-refractivity contribution in [3.8, 4) is 17.0 Å². The zero-order chi connectivity index (χ0) is 38.1. The van der Waals surface area contributed by atoms with E-state index in [0.717, 1.165) is 50.5 Å². The highest BCUT2D eigenvalue weighted by Crippen LogP contribution is 2.36. The SMILES string of the molecule is Cc1ccc(S(=O)(=O)OCCOCCOCCOc2cccc(CC(=O)Nc3nc(-c4ccc5c(c4)CCN5C(=O)c4ccccc4C)c(C)s3)c2)cc1. The first-order chi connectivity index (χ1) is 26.1. The summed E-state index contributed by atoms with van der Waals surface area (Å²) in [6, 6.07) is 27.5. The summed E-state index contributed by atoms with van der Waals surface area (Å²) in [4.78, 5) is 34.0. The Morgan fingerprint density at radius 3 is 2.35 bits per heavy atom. The number of rotatable bonds is 17. The number of aromatic nitrogens is 1. The van der Waals surface area contributed by atoms with Crippen molar-refractivity contribution in [2.75, 3.05) is 56.4 Å². The highest BCUT2D eigenvalue weighted by molar-refractivity contribution is 7.86. The number of benzene rings is 4. The molecule has 4 aromatic carbocycles. The Hall–Kier alpha value is -4.92. The van der Waals surface area contributed by atoms with Crippen molar-refractivity contribution in [3.05, 3.63) is 124 Å². The van der Waals surface area contributed by atoms with Crippen LogP contribution in [0, 0.1) is 20.8 Å². The minimum Gasteiger partial charge on any atom is -0.491 e. The number of anilines is 2. The van der Waals surface area contributed by atoms with Crippen LogP contribution in [0.15, 0.2) is 95.9 Å².